The van der Waals surface area contributed by atoms with Crippen LogP contribution in [0, 0.1) is 32.1 Å². The second kappa shape index (κ2) is 46.0. The Morgan fingerprint density at radius 2 is 1.22 bits per heavy atom. The molecule has 18 atom stereocenters. The average molecular weight is 1980 g/mol. The van der Waals surface area contributed by atoms with Crippen LogP contribution in [0.25, 0.3) is 11.1 Å². The van der Waals surface area contributed by atoms with Gasteiger partial charge < -0.3 is 132 Å². The van der Waals surface area contributed by atoms with Gasteiger partial charge in [0.2, 0.25) is 58.6 Å². The summed E-state index contributed by atoms with van der Waals surface area (Å²) in [6, 6.07) is 26.0. The van der Waals surface area contributed by atoms with Crippen molar-refractivity contribution < 1.29 is 137 Å². The molecule has 16 rings (SSSR count). The number of hydrogen-bond acceptors (Lipinski definition) is 31. The molecule has 1 saturated heterocycles. The van der Waals surface area contributed by atoms with Crippen LogP contribution in [-0.4, -0.2) is 201 Å². The van der Waals surface area contributed by atoms with E-state index in [-0.39, 0.29) is 93.6 Å². The van der Waals surface area contributed by atoms with Crippen LogP contribution in [0.5, 0.6) is 57.5 Å². The Balaban J connectivity index is 0.000000739. The first kappa shape index (κ1) is 105. The number of nitrogens with two attached hydrogens (primary N) is 1. The molecule has 0 spiro atoms. The highest BCUT2D eigenvalue weighted by molar-refractivity contribution is 6.32. The fourth-order valence-electron chi connectivity index (χ4n) is 16.8. The van der Waals surface area contributed by atoms with Crippen molar-refractivity contribution in [3.8, 4) is 68.6 Å². The number of halogens is 2. The van der Waals surface area contributed by atoms with Gasteiger partial charge in [-0.1, -0.05) is 148 Å². The van der Waals surface area contributed by atoms with Gasteiger partial charge in [-0.2, -0.15) is 0 Å². The standard InChI is InChI=1S/C81H88Cl2N10O26.C14H11NO4.C2H6/c1-34(2)20-48(85-5)74(104)91-64-66(99)38-15-18-53(46(82)22-38)116-56-24-41-25-57(72(56)118-55-26-42(32-94)67(100)69(102)68(55)101)117-54-19-16-39(23-47(54)83)71(119-59-30-81(4,73(103)35(3)115-59)86-31-40-12-9-13-50(93(112)113)70(40)114-33-36-10-7-6-8-11-36)65-79(109)90-63(80(110)111)45-27-43(95)28-52(97)60(45)44-21-37(14-17-51(44)96)61(76(106)92-65)89-77(107)62(41)88-75(105)49(29-58(84)98)87-78(64)108;16-9-12-7-4-8-13(15(17)18)14(12)19-10-11-5-2-1-3-6-11;1-2/h6-19,21-25,27-28,34-35,42,48-49,55,59,61-69,71,73,85-86,94-97,99-103H,20,26,29-33H2,1-5H3,(H2,84,98)(H,87,108)(H,88,105)(H,89,107)(H,90,109)(H,91,104)(H,92,106)(H,110,111);1-9H,10H2;1-2H3/t35-,42?,48?,49-,55?,59?,61+,62+,63+,64?,65-,66+,67+,68-,69?,71?,73?,81-;;/m0../s1. The van der Waals surface area contributed by atoms with Crippen LogP contribution in [0.3, 0.4) is 0 Å². The van der Waals surface area contributed by atoms with E-state index in [0.717, 1.165) is 54.1 Å². The second-order valence-electron chi connectivity index (χ2n) is 34.1. The summed E-state index contributed by atoms with van der Waals surface area (Å²) < 4.78 is 44.9. The van der Waals surface area contributed by atoms with Crippen molar-refractivity contribution in [2.45, 2.75) is 190 Å². The quantitative estimate of drug-likeness (QED) is 0.0146. The minimum atomic E-state index is -2.37. The number of primary amides is 1. The number of likely N-dealkylation sites (N-methyl/N-ethyl adjacent to an activating group) is 1. The lowest BCUT2D eigenvalue weighted by Gasteiger charge is -2.47. The number of nitrogens with one attached hydrogen (secondary N) is 8. The average Bonchev–Trinajstić information content (AvgIpc) is 0.764. The Hall–Kier alpha value is -14.2. The van der Waals surface area contributed by atoms with Gasteiger partial charge in [0.05, 0.1) is 56.2 Å². The fraction of sp³-hybridized carbons (Fsp3) is 0.351. The number of carboxylic acids is 1. The molecule has 8 unspecified atom stereocenters. The highest BCUT2D eigenvalue weighted by Crippen LogP contribution is 2.51. The molecule has 9 aromatic carbocycles. The van der Waals surface area contributed by atoms with Gasteiger partial charge in [0.25, 0.3) is 0 Å². The Morgan fingerprint density at radius 3 is 1.81 bits per heavy atom. The van der Waals surface area contributed by atoms with Gasteiger partial charge in [-0.05, 0) is 134 Å². The molecule has 140 heavy (non-hydrogen) atoms. The lowest BCUT2D eigenvalue weighted by Crippen LogP contribution is -2.63. The van der Waals surface area contributed by atoms with Crippen LogP contribution in [-0.2, 0) is 67.6 Å². The summed E-state index contributed by atoms with van der Waals surface area (Å²) >= 11 is 14.5. The zero-order chi connectivity index (χ0) is 102. The van der Waals surface area contributed by atoms with Crippen LogP contribution in [0.2, 0.25) is 10.0 Å². The van der Waals surface area contributed by atoms with E-state index < -0.39 is 259 Å². The molecular formula is C97H105Cl2N11O30. The molecule has 6 heterocycles. The summed E-state index contributed by atoms with van der Waals surface area (Å²) in [6.45, 7) is 9.75. The monoisotopic (exact) mass is 1970 g/mol. The fourth-order valence-corrected chi connectivity index (χ4v) is 17.3. The van der Waals surface area contributed by atoms with Gasteiger partial charge in [0.1, 0.15) is 103 Å². The molecule has 9 aromatic rings. The molecule has 41 nitrogen and oxygen atoms in total. The van der Waals surface area contributed by atoms with Gasteiger partial charge in [0, 0.05) is 71.5 Å². The number of aldehydes is 1. The number of para-hydroxylation sites is 2. The number of rotatable bonds is 25. The largest absolute Gasteiger partial charge is 0.508 e. The molecule has 43 heteroatoms. The molecule has 6 aliphatic heterocycles. The number of phenolic OH excluding ortho intramolecular Hbond substituents is 3. The van der Waals surface area contributed by atoms with Gasteiger partial charge in [-0.25, -0.2) is 4.79 Å². The summed E-state index contributed by atoms with van der Waals surface area (Å²) in [6.07, 6.45) is -16.9. The maximum Gasteiger partial charge on any atom is 0.330 e. The van der Waals surface area contributed by atoms with Crippen LogP contribution < -0.4 is 72.0 Å². The number of amides is 7. The minimum absolute atomic E-state index is 0.00588. The summed E-state index contributed by atoms with van der Waals surface area (Å²) in [4.78, 5) is 154. The van der Waals surface area contributed by atoms with Crippen molar-refractivity contribution in [3.05, 3.63) is 256 Å². The molecule has 7 amide bonds. The zero-order valence-corrected chi connectivity index (χ0v) is 77.7. The Morgan fingerprint density at radius 1 is 0.643 bits per heavy atom. The van der Waals surface area contributed by atoms with E-state index in [0.29, 0.717) is 11.8 Å². The molecule has 0 radical (unpaired) electrons. The SMILES string of the molecule is CC.CNC(CC(C)C)C(=O)NC1C(=O)N[C@@H](CC(N)=O)C(=O)N[C@H]2C(=O)N[C@H]3C(=O)N[C@H](C(=O)N[C@@H](C(=O)O)c4cc(O)cc(O)c4-c4cc3ccc4O)C(OC3C[C@](C)(NCc4cccc([N+](=O)[O-])c4OCc4ccccc4)C(O)[C@H](C)O3)c3ccc(c(Cl)c3)Oc3cc2cc(c3OC2CC(CO)[C@@H](O)C(O)[C@H]2O)Oc2ccc(cc2Cl)[C@H]1O.O=Cc1cccc([N+](=O)[O-])c1OCc1ccccc1. The number of hydrogen-bond donors (Lipinski definition) is 19. The minimum Gasteiger partial charge on any atom is -0.508 e. The highest BCUT2D eigenvalue weighted by Gasteiger charge is 2.50. The molecule has 7 aliphatic rings. The Kier molecular flexibility index (Phi) is 34.4. The van der Waals surface area contributed by atoms with Crippen molar-refractivity contribution in [3.63, 3.8) is 0 Å². The van der Waals surface area contributed by atoms with Crippen molar-refractivity contribution in [1.29, 1.82) is 0 Å². The number of ether oxygens (including phenoxy) is 7. The van der Waals surface area contributed by atoms with Crippen LogP contribution in [0.15, 0.2) is 176 Å². The number of aliphatic carboxylic acids is 1. The Labute approximate surface area is 809 Å². The van der Waals surface area contributed by atoms with E-state index in [9.17, 15) is 95.3 Å². The van der Waals surface area contributed by atoms with Gasteiger partial charge in [-0.3, -0.25) is 58.6 Å². The normalized spacial score (nSPS) is 24.0. The van der Waals surface area contributed by atoms with Crippen LogP contribution >= 0.6 is 23.2 Å². The van der Waals surface area contributed by atoms with Crippen molar-refractivity contribution in [1.82, 2.24) is 42.5 Å². The number of aliphatic hydroxyl groups excluding tert-OH is 6. The third kappa shape index (κ3) is 24.2. The van der Waals surface area contributed by atoms with E-state index in [1.165, 1.54) is 74.6 Å². The number of carbonyl (C=O) groups is 9. The van der Waals surface area contributed by atoms with Crippen molar-refractivity contribution in [2.75, 3.05) is 13.7 Å². The third-order valence-corrected chi connectivity index (χ3v) is 24.6. The number of phenols is 3. The number of carboxylic acid groups (broad SMARTS) is 1. The van der Waals surface area contributed by atoms with Crippen LogP contribution in [0.1, 0.15) is 152 Å². The van der Waals surface area contributed by atoms with Crippen molar-refractivity contribution >= 4 is 88.2 Å². The smallest absolute Gasteiger partial charge is 0.330 e. The summed E-state index contributed by atoms with van der Waals surface area (Å²) in [5, 5.41) is 159. The molecule has 2 fully saturated rings. The summed E-state index contributed by atoms with van der Waals surface area (Å²) in [5.74, 6) is -17.3. The molecule has 20 N–H and O–H groups in total. The van der Waals surface area contributed by atoms with E-state index in [2.05, 4.69) is 42.5 Å². The number of aliphatic hydroxyl groups is 6. The van der Waals surface area contributed by atoms with Gasteiger partial charge >= 0.3 is 17.3 Å². The number of nitrogens with zero attached hydrogens (tertiary/aromatic N) is 2. The maximum absolute atomic E-state index is 16.4. The number of benzene rings is 9. The summed E-state index contributed by atoms with van der Waals surface area (Å²) in [5.41, 5.74) is 2.78. The Bertz CT molecular complexity index is 6110. The third-order valence-electron chi connectivity index (χ3n) is 24.0. The first-order valence-corrected chi connectivity index (χ1v) is 45.1. The van der Waals surface area contributed by atoms with E-state index >= 15 is 19.2 Å². The number of nitro benzene ring substituents is 2. The van der Waals surface area contributed by atoms with E-state index in [4.69, 9.17) is 62.1 Å². The highest BCUT2D eigenvalue weighted by atomic mass is 35.5. The topological polar surface area (TPSA) is 629 Å². The predicted octanol–water partition coefficient (Wildman–Crippen LogP) is 8.10. The first-order chi connectivity index (χ1) is 66.7. The molecule has 742 valence electrons. The number of carbonyl (C=O) groups excluding carboxylic acids is 8. The molecule has 0 aromatic heterocycles. The molecule has 1 aliphatic carbocycles. The van der Waals surface area contributed by atoms with E-state index in [1.807, 2.05) is 58.0 Å². The molecular weight excluding hydrogens is 1870 g/mol. The zero-order valence-electron chi connectivity index (χ0n) is 76.2. The molecule has 11 bridgehead atoms. The first-order valence-electron chi connectivity index (χ1n) is 44.3. The van der Waals surface area contributed by atoms with Gasteiger partial charge in [0.15, 0.2) is 30.1 Å². The molecule has 1 saturated carbocycles. The van der Waals surface area contributed by atoms with Gasteiger partial charge in [-0.15, -0.1) is 0 Å². The van der Waals surface area contributed by atoms with E-state index in [1.54, 1.807) is 43.3 Å². The lowest BCUT2D eigenvalue weighted by molar-refractivity contribution is -0.386. The second-order valence-corrected chi connectivity index (χ2v) is 34.9. The van der Waals surface area contributed by atoms with Crippen LogP contribution in [0.4, 0.5) is 11.4 Å². The number of fused-ring (bicyclic) bond motifs is 15. The maximum atomic E-state index is 16.4. The summed E-state index contributed by atoms with van der Waals surface area (Å²) in [7, 11) is 1.47. The van der Waals surface area contributed by atoms with Crippen molar-refractivity contribution in [2.24, 2.45) is 17.6 Å². The lowest BCUT2D eigenvalue weighted by atomic mass is 9.81. The predicted molar refractivity (Wildman–Crippen MR) is 500 cm³/mol. The number of nitro groups is 2. The number of aromatic hydroxyl groups is 3.